The number of fused-ring (bicyclic) bond motifs is 1. The quantitative estimate of drug-likeness (QED) is 0.636. The minimum atomic E-state index is 0.351. The third-order valence-corrected chi connectivity index (χ3v) is 4.62. The molecule has 3 nitrogen and oxygen atoms in total. The average Bonchev–Trinajstić information content (AvgIpc) is 2.96. The SMILES string of the molecule is CC1Cc2ccccc2N1c1nccc(/C=C/c2cccc(Cl)c2)n1. The number of hydrogen-bond donors (Lipinski definition) is 0. The van der Waals surface area contributed by atoms with Gasteiger partial charge in [0.1, 0.15) is 0 Å². The summed E-state index contributed by atoms with van der Waals surface area (Å²) in [6.07, 6.45) is 6.83. The fourth-order valence-electron chi connectivity index (χ4n) is 3.23. The Morgan fingerprint density at radius 3 is 2.84 bits per heavy atom. The van der Waals surface area contributed by atoms with Gasteiger partial charge < -0.3 is 4.90 Å². The molecule has 1 aliphatic heterocycles. The topological polar surface area (TPSA) is 29.0 Å². The molecule has 0 N–H and O–H groups in total. The maximum atomic E-state index is 6.04. The molecule has 1 aliphatic rings. The van der Waals surface area contributed by atoms with E-state index in [2.05, 4.69) is 41.1 Å². The molecule has 1 atom stereocenters. The van der Waals surface area contributed by atoms with E-state index in [-0.39, 0.29) is 0 Å². The zero-order valence-electron chi connectivity index (χ0n) is 13.9. The minimum Gasteiger partial charge on any atom is -0.307 e. The van der Waals surface area contributed by atoms with E-state index >= 15 is 0 Å². The van der Waals surface area contributed by atoms with Gasteiger partial charge in [-0.05, 0) is 54.8 Å². The largest absolute Gasteiger partial charge is 0.307 e. The highest BCUT2D eigenvalue weighted by molar-refractivity contribution is 6.30. The van der Waals surface area contributed by atoms with Crippen LogP contribution in [0.15, 0.2) is 60.8 Å². The zero-order chi connectivity index (χ0) is 17.2. The van der Waals surface area contributed by atoms with Gasteiger partial charge in [0.05, 0.1) is 5.69 Å². The highest BCUT2D eigenvalue weighted by Crippen LogP contribution is 2.36. The first kappa shape index (κ1) is 15.9. The highest BCUT2D eigenvalue weighted by atomic mass is 35.5. The Morgan fingerprint density at radius 2 is 1.96 bits per heavy atom. The molecule has 0 saturated heterocycles. The summed E-state index contributed by atoms with van der Waals surface area (Å²) in [6.45, 7) is 2.21. The maximum Gasteiger partial charge on any atom is 0.230 e. The van der Waals surface area contributed by atoms with E-state index in [0.29, 0.717) is 6.04 Å². The molecule has 0 fully saturated rings. The van der Waals surface area contributed by atoms with E-state index in [1.165, 1.54) is 11.3 Å². The Bertz CT molecular complexity index is 936. The smallest absolute Gasteiger partial charge is 0.230 e. The van der Waals surface area contributed by atoms with Crippen LogP contribution in [-0.2, 0) is 6.42 Å². The van der Waals surface area contributed by atoms with Crippen molar-refractivity contribution in [1.29, 1.82) is 0 Å². The van der Waals surface area contributed by atoms with Gasteiger partial charge in [-0.25, -0.2) is 9.97 Å². The van der Waals surface area contributed by atoms with E-state index in [0.717, 1.165) is 28.6 Å². The summed E-state index contributed by atoms with van der Waals surface area (Å²) < 4.78 is 0. The van der Waals surface area contributed by atoms with Crippen LogP contribution in [0.25, 0.3) is 12.2 Å². The second-order valence-electron chi connectivity index (χ2n) is 6.22. The van der Waals surface area contributed by atoms with Crippen molar-refractivity contribution in [1.82, 2.24) is 9.97 Å². The molecule has 0 amide bonds. The molecule has 2 aromatic carbocycles. The number of nitrogens with zero attached hydrogens (tertiary/aromatic N) is 3. The Morgan fingerprint density at radius 1 is 1.08 bits per heavy atom. The lowest BCUT2D eigenvalue weighted by Gasteiger charge is -2.22. The number of hydrogen-bond acceptors (Lipinski definition) is 3. The molecule has 4 rings (SSSR count). The van der Waals surface area contributed by atoms with Crippen molar-refractivity contribution in [3.63, 3.8) is 0 Å². The van der Waals surface area contributed by atoms with Gasteiger partial charge in [-0.15, -0.1) is 0 Å². The summed E-state index contributed by atoms with van der Waals surface area (Å²) in [7, 11) is 0. The van der Waals surface area contributed by atoms with Gasteiger partial charge in [-0.3, -0.25) is 0 Å². The molecule has 1 unspecified atom stereocenters. The number of halogens is 1. The lowest BCUT2D eigenvalue weighted by atomic mass is 10.1. The molecule has 0 saturated carbocycles. The zero-order valence-corrected chi connectivity index (χ0v) is 14.7. The van der Waals surface area contributed by atoms with Crippen LogP contribution in [0.5, 0.6) is 0 Å². The Kier molecular flexibility index (Phi) is 4.24. The molecular formula is C21H18ClN3. The van der Waals surface area contributed by atoms with E-state index in [1.807, 2.05) is 48.7 Å². The monoisotopic (exact) mass is 347 g/mol. The number of anilines is 2. The van der Waals surface area contributed by atoms with Gasteiger partial charge in [0.2, 0.25) is 5.95 Å². The van der Waals surface area contributed by atoms with Gasteiger partial charge in [-0.2, -0.15) is 0 Å². The maximum absolute atomic E-state index is 6.04. The first-order valence-electron chi connectivity index (χ1n) is 8.34. The molecular weight excluding hydrogens is 330 g/mol. The summed E-state index contributed by atoms with van der Waals surface area (Å²) >= 11 is 6.04. The van der Waals surface area contributed by atoms with Crippen molar-refractivity contribution in [3.05, 3.63) is 82.6 Å². The lowest BCUT2D eigenvalue weighted by molar-refractivity contribution is 0.739. The summed E-state index contributed by atoms with van der Waals surface area (Å²) in [5.74, 6) is 0.741. The fourth-order valence-corrected chi connectivity index (χ4v) is 3.43. The fraction of sp³-hybridized carbons (Fsp3) is 0.143. The number of para-hydroxylation sites is 1. The summed E-state index contributed by atoms with van der Waals surface area (Å²) in [4.78, 5) is 11.5. The summed E-state index contributed by atoms with van der Waals surface area (Å²) in [5.41, 5.74) is 4.47. The summed E-state index contributed by atoms with van der Waals surface area (Å²) in [6, 6.07) is 18.5. The second kappa shape index (κ2) is 6.69. The van der Waals surface area contributed by atoms with E-state index < -0.39 is 0 Å². The van der Waals surface area contributed by atoms with E-state index in [9.17, 15) is 0 Å². The summed E-state index contributed by atoms with van der Waals surface area (Å²) in [5, 5.41) is 0.730. The minimum absolute atomic E-state index is 0.351. The molecule has 2 heterocycles. The van der Waals surface area contributed by atoms with Gasteiger partial charge in [0, 0.05) is 22.9 Å². The molecule has 4 heteroatoms. The molecule has 0 radical (unpaired) electrons. The van der Waals surface area contributed by atoms with Crippen molar-refractivity contribution < 1.29 is 0 Å². The number of rotatable bonds is 3. The Balaban J connectivity index is 1.64. The van der Waals surface area contributed by atoms with Crippen molar-refractivity contribution in [2.75, 3.05) is 4.90 Å². The molecule has 0 bridgehead atoms. The molecule has 0 spiro atoms. The van der Waals surface area contributed by atoms with Crippen molar-refractivity contribution in [2.45, 2.75) is 19.4 Å². The van der Waals surface area contributed by atoms with Crippen molar-refractivity contribution >= 4 is 35.4 Å². The number of aromatic nitrogens is 2. The lowest BCUT2D eigenvalue weighted by Crippen LogP contribution is -2.25. The van der Waals surface area contributed by atoms with Gasteiger partial charge >= 0.3 is 0 Å². The average molecular weight is 348 g/mol. The van der Waals surface area contributed by atoms with Crippen molar-refractivity contribution in [2.24, 2.45) is 0 Å². The van der Waals surface area contributed by atoms with Crippen LogP contribution in [0, 0.1) is 0 Å². The van der Waals surface area contributed by atoms with Crippen LogP contribution in [0.4, 0.5) is 11.6 Å². The number of benzene rings is 2. The normalized spacial score (nSPS) is 16.4. The van der Waals surface area contributed by atoms with Gasteiger partial charge in [0.15, 0.2) is 0 Å². The Labute approximate surface area is 152 Å². The van der Waals surface area contributed by atoms with Crippen LogP contribution in [-0.4, -0.2) is 16.0 Å². The third kappa shape index (κ3) is 3.28. The Hall–Kier alpha value is -2.65. The second-order valence-corrected chi connectivity index (χ2v) is 6.66. The molecule has 0 aliphatic carbocycles. The van der Waals surface area contributed by atoms with Gasteiger partial charge in [0.25, 0.3) is 0 Å². The third-order valence-electron chi connectivity index (χ3n) is 4.38. The molecule has 25 heavy (non-hydrogen) atoms. The van der Waals surface area contributed by atoms with Crippen LogP contribution in [0.1, 0.15) is 23.7 Å². The first-order valence-corrected chi connectivity index (χ1v) is 8.72. The van der Waals surface area contributed by atoms with Crippen LogP contribution >= 0.6 is 11.6 Å². The predicted octanol–water partition coefficient (Wildman–Crippen LogP) is 5.38. The molecule has 124 valence electrons. The molecule has 3 aromatic rings. The van der Waals surface area contributed by atoms with Crippen LogP contribution < -0.4 is 4.90 Å². The molecule has 1 aromatic heterocycles. The van der Waals surface area contributed by atoms with E-state index in [4.69, 9.17) is 16.6 Å². The highest BCUT2D eigenvalue weighted by Gasteiger charge is 2.28. The van der Waals surface area contributed by atoms with Gasteiger partial charge in [-0.1, -0.05) is 48.0 Å². The van der Waals surface area contributed by atoms with Crippen molar-refractivity contribution in [3.8, 4) is 0 Å². The first-order chi connectivity index (χ1) is 12.2. The predicted molar refractivity (Wildman–Crippen MR) is 104 cm³/mol. The van der Waals surface area contributed by atoms with Crippen LogP contribution in [0.2, 0.25) is 5.02 Å². The van der Waals surface area contributed by atoms with Crippen LogP contribution in [0.3, 0.4) is 0 Å². The standard InChI is InChI=1S/C21H18ClN3/c1-15-13-17-6-2-3-8-20(17)25(15)21-23-12-11-19(24-21)10-9-16-5-4-7-18(22)14-16/h2-12,14-15H,13H2,1H3/b10-9+. The van der Waals surface area contributed by atoms with E-state index in [1.54, 1.807) is 0 Å².